The zero-order valence-corrected chi connectivity index (χ0v) is 13.4. The maximum absolute atomic E-state index is 12.1. The molecule has 1 saturated carbocycles. The molecule has 0 radical (unpaired) electrons. The topological polar surface area (TPSA) is 85.8 Å². The predicted octanol–water partition coefficient (Wildman–Crippen LogP) is 2.46. The monoisotopic (exact) mass is 317 g/mol. The van der Waals surface area contributed by atoms with Crippen molar-refractivity contribution in [1.82, 2.24) is 25.2 Å². The minimum atomic E-state index is -0.273. The van der Waals surface area contributed by atoms with Gasteiger partial charge in [-0.25, -0.2) is 0 Å². The van der Waals surface area contributed by atoms with Gasteiger partial charge >= 0.3 is 0 Å². The van der Waals surface area contributed by atoms with Crippen LogP contribution in [0.1, 0.15) is 63.2 Å². The highest BCUT2D eigenvalue weighted by Crippen LogP contribution is 2.26. The molecule has 0 bridgehead atoms. The van der Waals surface area contributed by atoms with Crippen LogP contribution in [0.25, 0.3) is 0 Å². The van der Waals surface area contributed by atoms with Crippen LogP contribution < -0.4 is 5.32 Å². The fraction of sp³-hybridized carbons (Fsp3) is 0.625. The SMILES string of the molecule is CC(NC(=O)CC1CCCCC1)c1nc(Cn2cccn2)no1. The highest BCUT2D eigenvalue weighted by molar-refractivity contribution is 5.76. The molecule has 7 nitrogen and oxygen atoms in total. The molecular weight excluding hydrogens is 294 g/mol. The maximum Gasteiger partial charge on any atom is 0.248 e. The molecule has 1 aliphatic carbocycles. The van der Waals surface area contributed by atoms with Crippen LogP contribution in [-0.2, 0) is 11.3 Å². The van der Waals surface area contributed by atoms with Crippen LogP contribution in [0, 0.1) is 5.92 Å². The highest BCUT2D eigenvalue weighted by atomic mass is 16.5. The van der Waals surface area contributed by atoms with Gasteiger partial charge in [0.25, 0.3) is 0 Å². The van der Waals surface area contributed by atoms with E-state index in [-0.39, 0.29) is 11.9 Å². The molecule has 1 fully saturated rings. The summed E-state index contributed by atoms with van der Waals surface area (Å²) in [7, 11) is 0. The summed E-state index contributed by atoms with van der Waals surface area (Å²) in [5, 5.41) is 11.0. The summed E-state index contributed by atoms with van der Waals surface area (Å²) < 4.78 is 6.97. The lowest BCUT2D eigenvalue weighted by molar-refractivity contribution is -0.123. The van der Waals surface area contributed by atoms with Gasteiger partial charge in [-0.2, -0.15) is 10.1 Å². The van der Waals surface area contributed by atoms with E-state index in [0.717, 1.165) is 12.8 Å². The Bertz CT molecular complexity index is 616. The Morgan fingerprint density at radius 2 is 2.26 bits per heavy atom. The highest BCUT2D eigenvalue weighted by Gasteiger charge is 2.20. The predicted molar refractivity (Wildman–Crippen MR) is 83.4 cm³/mol. The summed E-state index contributed by atoms with van der Waals surface area (Å²) in [5.74, 6) is 1.58. The molecule has 7 heteroatoms. The number of nitrogens with one attached hydrogen (secondary N) is 1. The molecule has 2 aromatic rings. The van der Waals surface area contributed by atoms with Crippen molar-refractivity contribution >= 4 is 5.91 Å². The molecule has 3 rings (SSSR count). The lowest BCUT2D eigenvalue weighted by atomic mass is 9.87. The van der Waals surface area contributed by atoms with Crippen LogP contribution in [0.3, 0.4) is 0 Å². The Morgan fingerprint density at radius 3 is 3.00 bits per heavy atom. The molecule has 0 saturated heterocycles. The lowest BCUT2D eigenvalue weighted by Crippen LogP contribution is -2.29. The number of aromatic nitrogens is 4. The van der Waals surface area contributed by atoms with Crippen molar-refractivity contribution in [3.05, 3.63) is 30.2 Å². The van der Waals surface area contributed by atoms with Gasteiger partial charge in [0, 0.05) is 18.8 Å². The molecule has 0 aromatic carbocycles. The van der Waals surface area contributed by atoms with Crippen molar-refractivity contribution < 1.29 is 9.32 Å². The van der Waals surface area contributed by atoms with E-state index in [0.29, 0.717) is 30.6 Å². The lowest BCUT2D eigenvalue weighted by Gasteiger charge is -2.21. The van der Waals surface area contributed by atoms with Gasteiger partial charge in [0.05, 0.1) is 0 Å². The van der Waals surface area contributed by atoms with Crippen molar-refractivity contribution in [3.63, 3.8) is 0 Å². The first-order valence-corrected chi connectivity index (χ1v) is 8.30. The number of rotatable bonds is 6. The van der Waals surface area contributed by atoms with Crippen LogP contribution >= 0.6 is 0 Å². The van der Waals surface area contributed by atoms with E-state index in [1.807, 2.05) is 19.2 Å². The third-order valence-corrected chi connectivity index (χ3v) is 4.29. The first-order chi connectivity index (χ1) is 11.2. The summed E-state index contributed by atoms with van der Waals surface area (Å²) in [4.78, 5) is 16.5. The Morgan fingerprint density at radius 1 is 1.43 bits per heavy atom. The van der Waals surface area contributed by atoms with Gasteiger partial charge < -0.3 is 9.84 Å². The molecular formula is C16H23N5O2. The van der Waals surface area contributed by atoms with Crippen molar-refractivity contribution in [1.29, 1.82) is 0 Å². The number of carbonyl (C=O) groups is 1. The second-order valence-corrected chi connectivity index (χ2v) is 6.25. The van der Waals surface area contributed by atoms with Crippen LogP contribution in [0.15, 0.2) is 23.0 Å². The molecule has 124 valence electrons. The summed E-state index contributed by atoms with van der Waals surface area (Å²) >= 11 is 0. The number of nitrogens with zero attached hydrogens (tertiary/aromatic N) is 4. The minimum Gasteiger partial charge on any atom is -0.345 e. The third kappa shape index (κ3) is 4.40. The van der Waals surface area contributed by atoms with Crippen molar-refractivity contribution in [2.75, 3.05) is 0 Å². The first kappa shape index (κ1) is 15.7. The quantitative estimate of drug-likeness (QED) is 0.884. The summed E-state index contributed by atoms with van der Waals surface area (Å²) in [6, 6.07) is 1.57. The van der Waals surface area contributed by atoms with E-state index in [9.17, 15) is 4.79 Å². The number of hydrogen-bond acceptors (Lipinski definition) is 5. The van der Waals surface area contributed by atoms with E-state index >= 15 is 0 Å². The molecule has 1 unspecified atom stereocenters. The van der Waals surface area contributed by atoms with Gasteiger partial charge in [-0.1, -0.05) is 24.4 Å². The van der Waals surface area contributed by atoms with E-state index < -0.39 is 0 Å². The average molecular weight is 317 g/mol. The average Bonchev–Trinajstić information content (AvgIpc) is 3.20. The second-order valence-electron chi connectivity index (χ2n) is 6.25. The van der Waals surface area contributed by atoms with Gasteiger partial charge in [-0.05, 0) is 31.7 Å². The van der Waals surface area contributed by atoms with Crippen molar-refractivity contribution in [2.45, 2.75) is 58.0 Å². The number of amides is 1. The van der Waals surface area contributed by atoms with E-state index in [1.54, 1.807) is 10.9 Å². The first-order valence-electron chi connectivity index (χ1n) is 8.30. The fourth-order valence-corrected chi connectivity index (χ4v) is 3.06. The largest absolute Gasteiger partial charge is 0.345 e. The zero-order chi connectivity index (χ0) is 16.1. The fourth-order valence-electron chi connectivity index (χ4n) is 3.06. The molecule has 1 aliphatic rings. The Hall–Kier alpha value is -2.18. The van der Waals surface area contributed by atoms with Gasteiger partial charge in [-0.3, -0.25) is 9.48 Å². The van der Waals surface area contributed by atoms with E-state index in [1.165, 1.54) is 19.3 Å². The Labute approximate surface area is 135 Å². The molecule has 2 aromatic heterocycles. The Balaban J connectivity index is 1.50. The molecule has 1 amide bonds. The molecule has 1 N–H and O–H groups in total. The third-order valence-electron chi connectivity index (χ3n) is 4.29. The van der Waals surface area contributed by atoms with E-state index in [4.69, 9.17) is 4.52 Å². The van der Waals surface area contributed by atoms with Crippen LogP contribution in [0.4, 0.5) is 0 Å². The molecule has 23 heavy (non-hydrogen) atoms. The van der Waals surface area contributed by atoms with Crippen LogP contribution in [-0.4, -0.2) is 25.8 Å². The number of carbonyl (C=O) groups excluding carboxylic acids is 1. The van der Waals surface area contributed by atoms with Gasteiger partial charge in [0.2, 0.25) is 11.8 Å². The van der Waals surface area contributed by atoms with Crippen LogP contribution in [0.2, 0.25) is 0 Å². The Kier molecular flexibility index (Phi) is 5.05. The maximum atomic E-state index is 12.1. The smallest absolute Gasteiger partial charge is 0.248 e. The van der Waals surface area contributed by atoms with Gasteiger partial charge in [0.15, 0.2) is 5.82 Å². The van der Waals surface area contributed by atoms with Crippen molar-refractivity contribution in [2.24, 2.45) is 5.92 Å². The molecule has 0 spiro atoms. The molecule has 1 atom stereocenters. The normalized spacial score (nSPS) is 17.1. The van der Waals surface area contributed by atoms with Gasteiger partial charge in [-0.15, -0.1) is 0 Å². The standard InChI is InChI=1S/C16H23N5O2/c1-12(18-15(22)10-13-6-3-2-4-7-13)16-19-14(20-23-16)11-21-9-5-8-17-21/h5,8-9,12-13H,2-4,6-7,10-11H2,1H3,(H,18,22). The molecule has 0 aliphatic heterocycles. The van der Waals surface area contributed by atoms with E-state index in [2.05, 4.69) is 20.6 Å². The zero-order valence-electron chi connectivity index (χ0n) is 13.4. The molecule has 2 heterocycles. The summed E-state index contributed by atoms with van der Waals surface area (Å²) in [5.41, 5.74) is 0. The van der Waals surface area contributed by atoms with Crippen molar-refractivity contribution in [3.8, 4) is 0 Å². The summed E-state index contributed by atoms with van der Waals surface area (Å²) in [6.07, 6.45) is 10.3. The summed E-state index contributed by atoms with van der Waals surface area (Å²) in [6.45, 7) is 2.32. The minimum absolute atomic E-state index is 0.0660. The van der Waals surface area contributed by atoms with Crippen LogP contribution in [0.5, 0.6) is 0 Å². The van der Waals surface area contributed by atoms with Gasteiger partial charge in [0.1, 0.15) is 12.6 Å². The number of hydrogen-bond donors (Lipinski definition) is 1. The second kappa shape index (κ2) is 7.39.